The van der Waals surface area contributed by atoms with E-state index >= 15 is 0 Å². The van der Waals surface area contributed by atoms with Gasteiger partial charge in [0, 0.05) is 18.5 Å². The van der Waals surface area contributed by atoms with Crippen LogP contribution in [-0.2, 0) is 4.84 Å². The van der Waals surface area contributed by atoms with Gasteiger partial charge in [-0.1, -0.05) is 0 Å². The molecule has 0 aliphatic heterocycles. The van der Waals surface area contributed by atoms with Gasteiger partial charge in [0.05, 0.1) is 6.10 Å². The van der Waals surface area contributed by atoms with E-state index in [2.05, 4.69) is 10.5 Å². The molecule has 0 radical (unpaired) electrons. The molecule has 2 N–H and O–H groups in total. The summed E-state index contributed by atoms with van der Waals surface area (Å²) < 4.78 is 0. The zero-order valence-corrected chi connectivity index (χ0v) is 8.03. The minimum absolute atomic E-state index is 0.0353. The lowest BCUT2D eigenvalue weighted by Crippen LogP contribution is -2.30. The fourth-order valence-electron chi connectivity index (χ4n) is 0.820. The van der Waals surface area contributed by atoms with Crippen LogP contribution in [0.4, 0.5) is 0 Å². The number of nitrogens with one attached hydrogen (secondary N) is 2. The van der Waals surface area contributed by atoms with Gasteiger partial charge in [-0.25, -0.2) is 5.48 Å². The van der Waals surface area contributed by atoms with Crippen molar-refractivity contribution in [3.8, 4) is 0 Å². The molecule has 0 aromatic carbocycles. The van der Waals surface area contributed by atoms with Crippen LogP contribution in [0.15, 0.2) is 23.3 Å². The molecule has 0 aliphatic rings. The molecule has 1 rings (SSSR count). The van der Waals surface area contributed by atoms with Gasteiger partial charge in [0.1, 0.15) is 5.56 Å². The molecule has 1 heterocycles. The third-order valence-corrected chi connectivity index (χ3v) is 1.46. The zero-order valence-electron chi connectivity index (χ0n) is 8.03. The van der Waals surface area contributed by atoms with Gasteiger partial charge < -0.3 is 4.98 Å². The van der Waals surface area contributed by atoms with Crippen molar-refractivity contribution in [1.29, 1.82) is 0 Å². The third-order valence-electron chi connectivity index (χ3n) is 1.46. The minimum Gasteiger partial charge on any atom is -0.367 e. The van der Waals surface area contributed by atoms with Crippen LogP contribution in [0.2, 0.25) is 0 Å². The molecule has 0 saturated heterocycles. The summed E-state index contributed by atoms with van der Waals surface area (Å²) >= 11 is 0. The molecular formula is C9H12N2O3. The van der Waals surface area contributed by atoms with Gasteiger partial charge in [-0.3, -0.25) is 14.4 Å². The maximum atomic E-state index is 11.3. The summed E-state index contributed by atoms with van der Waals surface area (Å²) in [6.45, 7) is 3.55. The Labute approximate surface area is 81.1 Å². The number of carbonyl (C=O) groups is 1. The molecule has 0 atom stereocenters. The normalized spacial score (nSPS) is 10.2. The Balaban J connectivity index is 2.71. The van der Waals surface area contributed by atoms with Gasteiger partial charge in [0.2, 0.25) is 0 Å². The van der Waals surface area contributed by atoms with Crippen LogP contribution >= 0.6 is 0 Å². The van der Waals surface area contributed by atoms with E-state index in [9.17, 15) is 9.59 Å². The second-order valence-electron chi connectivity index (χ2n) is 3.02. The first-order chi connectivity index (χ1) is 6.61. The molecule has 0 aliphatic carbocycles. The van der Waals surface area contributed by atoms with E-state index in [0.717, 1.165) is 0 Å². The van der Waals surface area contributed by atoms with Gasteiger partial charge in [-0.2, -0.15) is 0 Å². The second-order valence-corrected chi connectivity index (χ2v) is 3.02. The standard InChI is InChI=1S/C9H12N2O3/c1-6(2)14-11-9(13)7-5-10-4-3-8(7)12/h3-6H,1-2H3,(H,10,12)(H,11,13). The Bertz CT molecular complexity index is 370. The number of H-pyrrole nitrogens is 1. The number of rotatable bonds is 3. The molecule has 76 valence electrons. The van der Waals surface area contributed by atoms with E-state index in [1.807, 2.05) is 0 Å². The number of carbonyl (C=O) groups excluding carboxylic acids is 1. The van der Waals surface area contributed by atoms with Gasteiger partial charge in [-0.15, -0.1) is 0 Å². The van der Waals surface area contributed by atoms with Crippen molar-refractivity contribution < 1.29 is 9.63 Å². The highest BCUT2D eigenvalue weighted by atomic mass is 16.7. The first-order valence-corrected chi connectivity index (χ1v) is 4.24. The van der Waals surface area contributed by atoms with E-state index in [-0.39, 0.29) is 17.1 Å². The number of aromatic amines is 1. The molecule has 0 spiro atoms. The molecule has 0 unspecified atom stereocenters. The molecule has 0 bridgehead atoms. The molecular weight excluding hydrogens is 184 g/mol. The Morgan fingerprint density at radius 3 is 2.86 bits per heavy atom. The average Bonchev–Trinajstić information content (AvgIpc) is 2.15. The maximum absolute atomic E-state index is 11.3. The van der Waals surface area contributed by atoms with E-state index in [1.54, 1.807) is 13.8 Å². The summed E-state index contributed by atoms with van der Waals surface area (Å²) in [6.07, 6.45) is 2.67. The van der Waals surface area contributed by atoms with E-state index in [1.165, 1.54) is 18.5 Å². The number of hydrogen-bond acceptors (Lipinski definition) is 3. The summed E-state index contributed by atoms with van der Waals surface area (Å²) in [5.74, 6) is -0.541. The largest absolute Gasteiger partial charge is 0.367 e. The maximum Gasteiger partial charge on any atom is 0.280 e. The van der Waals surface area contributed by atoms with Gasteiger partial charge in [0.15, 0.2) is 5.43 Å². The van der Waals surface area contributed by atoms with Crippen molar-refractivity contribution in [2.45, 2.75) is 20.0 Å². The molecule has 14 heavy (non-hydrogen) atoms. The summed E-state index contributed by atoms with van der Waals surface area (Å²) in [5, 5.41) is 0. The van der Waals surface area contributed by atoms with E-state index in [4.69, 9.17) is 4.84 Å². The first kappa shape index (κ1) is 10.5. The SMILES string of the molecule is CC(C)ONC(=O)c1c[nH]ccc1=O. The highest BCUT2D eigenvalue weighted by molar-refractivity contribution is 5.92. The van der Waals surface area contributed by atoms with Gasteiger partial charge in [0.25, 0.3) is 5.91 Å². The van der Waals surface area contributed by atoms with Crippen LogP contribution in [0.1, 0.15) is 24.2 Å². The van der Waals surface area contributed by atoms with Crippen molar-refractivity contribution >= 4 is 5.91 Å². The second kappa shape index (κ2) is 4.57. The summed E-state index contributed by atoms with van der Waals surface area (Å²) in [4.78, 5) is 30.0. The number of aromatic nitrogens is 1. The topological polar surface area (TPSA) is 71.2 Å². The molecule has 1 aromatic heterocycles. The molecule has 5 heteroatoms. The summed E-state index contributed by atoms with van der Waals surface area (Å²) in [6, 6.07) is 1.28. The molecule has 1 aromatic rings. The van der Waals surface area contributed by atoms with Crippen molar-refractivity contribution in [3.05, 3.63) is 34.2 Å². The smallest absolute Gasteiger partial charge is 0.280 e. The van der Waals surface area contributed by atoms with Crippen LogP contribution in [0.5, 0.6) is 0 Å². The fraction of sp³-hybridized carbons (Fsp3) is 0.333. The molecule has 0 saturated carbocycles. The van der Waals surface area contributed by atoms with E-state index in [0.29, 0.717) is 0 Å². The van der Waals surface area contributed by atoms with Crippen LogP contribution in [0.25, 0.3) is 0 Å². The van der Waals surface area contributed by atoms with Gasteiger partial charge in [-0.05, 0) is 13.8 Å². The number of pyridine rings is 1. The van der Waals surface area contributed by atoms with Crippen molar-refractivity contribution in [2.24, 2.45) is 0 Å². The molecule has 0 fully saturated rings. The van der Waals surface area contributed by atoms with Gasteiger partial charge >= 0.3 is 0 Å². The van der Waals surface area contributed by atoms with Crippen molar-refractivity contribution in [3.63, 3.8) is 0 Å². The summed E-state index contributed by atoms with van der Waals surface area (Å²) in [5.41, 5.74) is 1.88. The lowest BCUT2D eigenvalue weighted by atomic mass is 10.3. The Kier molecular flexibility index (Phi) is 3.41. The Morgan fingerprint density at radius 1 is 1.57 bits per heavy atom. The Hall–Kier alpha value is -1.62. The van der Waals surface area contributed by atoms with Crippen LogP contribution < -0.4 is 10.9 Å². The number of hydroxylamine groups is 1. The highest BCUT2D eigenvalue weighted by Crippen LogP contribution is 1.89. The van der Waals surface area contributed by atoms with Crippen LogP contribution in [0, 0.1) is 0 Å². The van der Waals surface area contributed by atoms with E-state index < -0.39 is 5.91 Å². The summed E-state index contributed by atoms with van der Waals surface area (Å²) in [7, 11) is 0. The number of hydrogen-bond donors (Lipinski definition) is 2. The lowest BCUT2D eigenvalue weighted by Gasteiger charge is -2.07. The molecule has 5 nitrogen and oxygen atoms in total. The fourth-order valence-corrected chi connectivity index (χ4v) is 0.820. The zero-order chi connectivity index (χ0) is 10.6. The monoisotopic (exact) mass is 196 g/mol. The molecule has 1 amide bonds. The lowest BCUT2D eigenvalue weighted by molar-refractivity contribution is 0.0000921. The minimum atomic E-state index is -0.541. The average molecular weight is 196 g/mol. The first-order valence-electron chi connectivity index (χ1n) is 4.24. The van der Waals surface area contributed by atoms with Crippen LogP contribution in [-0.4, -0.2) is 17.0 Å². The number of amides is 1. The predicted molar refractivity (Wildman–Crippen MR) is 50.7 cm³/mol. The Morgan fingerprint density at radius 2 is 2.29 bits per heavy atom. The van der Waals surface area contributed by atoms with Crippen LogP contribution in [0.3, 0.4) is 0 Å². The van der Waals surface area contributed by atoms with Crippen molar-refractivity contribution in [2.75, 3.05) is 0 Å². The third kappa shape index (κ3) is 2.70. The quantitative estimate of drug-likeness (QED) is 0.689. The van der Waals surface area contributed by atoms with Crippen molar-refractivity contribution in [1.82, 2.24) is 10.5 Å². The predicted octanol–water partition coefficient (Wildman–Crippen LogP) is 0.445. The highest BCUT2D eigenvalue weighted by Gasteiger charge is 2.09.